The normalized spacial score (nSPS) is 11.8. The van der Waals surface area contributed by atoms with Crippen molar-refractivity contribution in [2.75, 3.05) is 5.32 Å². The molecular weight excluding hydrogens is 328 g/mol. The Balaban J connectivity index is 1.63. The van der Waals surface area contributed by atoms with Crippen molar-refractivity contribution in [2.45, 2.75) is 26.8 Å². The topological polar surface area (TPSA) is 41.9 Å². The van der Waals surface area contributed by atoms with Gasteiger partial charge in [-0.15, -0.1) is 0 Å². The van der Waals surface area contributed by atoms with Crippen LogP contribution in [-0.2, 0) is 0 Å². The Morgan fingerprint density at radius 1 is 1.08 bits per heavy atom. The summed E-state index contributed by atoms with van der Waals surface area (Å²) in [6.07, 6.45) is 5.49. The van der Waals surface area contributed by atoms with Crippen LogP contribution >= 0.6 is 12.2 Å². The first-order chi connectivity index (χ1) is 12.0. The number of thiocarbonyl (C=S) groups is 1. The second-order valence-electron chi connectivity index (χ2n) is 6.26. The zero-order chi connectivity index (χ0) is 17.8. The number of hydrogen-bond donors (Lipinski definition) is 2. The fourth-order valence-corrected chi connectivity index (χ4v) is 3.14. The van der Waals surface area contributed by atoms with Crippen molar-refractivity contribution in [2.24, 2.45) is 0 Å². The fourth-order valence-electron chi connectivity index (χ4n) is 2.84. The fraction of sp³-hybridized carbons (Fsp3) is 0.200. The summed E-state index contributed by atoms with van der Waals surface area (Å²) >= 11 is 5.45. The number of nitrogens with one attached hydrogen (secondary N) is 2. The van der Waals surface area contributed by atoms with E-state index in [1.807, 2.05) is 10.8 Å². The summed E-state index contributed by atoms with van der Waals surface area (Å²) in [5.41, 5.74) is 5.71. The molecule has 25 heavy (non-hydrogen) atoms. The minimum atomic E-state index is 0.114. The number of anilines is 1. The summed E-state index contributed by atoms with van der Waals surface area (Å²) in [7, 11) is 0. The molecule has 2 aromatic carbocycles. The summed E-state index contributed by atoms with van der Waals surface area (Å²) in [5.74, 6) is 0. The lowest BCUT2D eigenvalue weighted by molar-refractivity contribution is 0.722. The Kier molecular flexibility index (Phi) is 5.14. The zero-order valence-electron chi connectivity index (χ0n) is 14.7. The van der Waals surface area contributed by atoms with E-state index in [-0.39, 0.29) is 6.04 Å². The number of hydrogen-bond acceptors (Lipinski definition) is 2. The van der Waals surface area contributed by atoms with Gasteiger partial charge in [-0.3, -0.25) is 0 Å². The van der Waals surface area contributed by atoms with Gasteiger partial charge in [0.2, 0.25) is 0 Å². The van der Waals surface area contributed by atoms with Gasteiger partial charge in [-0.1, -0.05) is 18.2 Å². The first-order valence-electron chi connectivity index (χ1n) is 8.25. The average molecular weight is 350 g/mol. The minimum absolute atomic E-state index is 0.114. The van der Waals surface area contributed by atoms with Crippen molar-refractivity contribution >= 4 is 23.0 Å². The smallest absolute Gasteiger partial charge is 0.171 e. The van der Waals surface area contributed by atoms with E-state index in [9.17, 15) is 0 Å². The molecule has 1 heterocycles. The molecule has 0 aliphatic heterocycles. The maximum Gasteiger partial charge on any atom is 0.171 e. The second kappa shape index (κ2) is 7.49. The summed E-state index contributed by atoms with van der Waals surface area (Å²) in [4.78, 5) is 4.07. The molecule has 4 nitrogen and oxygen atoms in total. The minimum Gasteiger partial charge on any atom is -0.356 e. The lowest BCUT2D eigenvalue weighted by Crippen LogP contribution is -2.30. The quantitative estimate of drug-likeness (QED) is 0.678. The number of aryl methyl sites for hydroxylation is 2. The maximum absolute atomic E-state index is 5.45. The third kappa shape index (κ3) is 4.45. The van der Waals surface area contributed by atoms with Gasteiger partial charge in [-0.25, -0.2) is 4.98 Å². The van der Waals surface area contributed by atoms with Crippen LogP contribution in [-0.4, -0.2) is 14.7 Å². The van der Waals surface area contributed by atoms with Gasteiger partial charge in [0.25, 0.3) is 0 Å². The lowest BCUT2D eigenvalue weighted by atomic mass is 10.1. The largest absolute Gasteiger partial charge is 0.356 e. The van der Waals surface area contributed by atoms with Gasteiger partial charge >= 0.3 is 0 Å². The van der Waals surface area contributed by atoms with Gasteiger partial charge in [0.1, 0.15) is 0 Å². The second-order valence-corrected chi connectivity index (χ2v) is 6.67. The number of benzene rings is 2. The predicted molar refractivity (Wildman–Crippen MR) is 107 cm³/mol. The molecule has 1 aromatic heterocycles. The first-order valence-corrected chi connectivity index (χ1v) is 8.66. The third-order valence-electron chi connectivity index (χ3n) is 4.02. The van der Waals surface area contributed by atoms with Crippen LogP contribution < -0.4 is 10.6 Å². The number of aromatic nitrogens is 2. The molecule has 0 saturated heterocycles. The standard InChI is InChI=1S/C20H22N4S/c1-14-10-15(2)12-18(11-14)23-20(25)22-16(3)17-4-6-19(7-5-17)24-9-8-21-13-24/h4-13,16H,1-3H3,(H2,22,23,25)/t16-/m1/s1. The van der Waals surface area contributed by atoms with E-state index < -0.39 is 0 Å². The van der Waals surface area contributed by atoms with Crippen LogP contribution in [0.25, 0.3) is 5.69 Å². The van der Waals surface area contributed by atoms with E-state index in [1.165, 1.54) is 16.7 Å². The van der Waals surface area contributed by atoms with E-state index in [2.05, 4.69) is 78.9 Å². The summed E-state index contributed by atoms with van der Waals surface area (Å²) in [6, 6.07) is 14.8. The Labute approximate surface area is 153 Å². The van der Waals surface area contributed by atoms with E-state index in [0.29, 0.717) is 5.11 Å². The summed E-state index contributed by atoms with van der Waals surface area (Å²) in [5, 5.41) is 7.23. The molecule has 5 heteroatoms. The molecule has 1 atom stereocenters. The van der Waals surface area contributed by atoms with E-state index >= 15 is 0 Å². The van der Waals surface area contributed by atoms with Crippen LogP contribution in [0.4, 0.5) is 5.69 Å². The van der Waals surface area contributed by atoms with E-state index in [4.69, 9.17) is 12.2 Å². The molecule has 0 aliphatic carbocycles. The highest BCUT2D eigenvalue weighted by atomic mass is 32.1. The van der Waals surface area contributed by atoms with E-state index in [1.54, 1.807) is 12.5 Å². The molecule has 0 unspecified atom stereocenters. The molecule has 0 aliphatic rings. The van der Waals surface area contributed by atoms with Crippen molar-refractivity contribution in [3.63, 3.8) is 0 Å². The molecule has 3 rings (SSSR count). The van der Waals surface area contributed by atoms with Crippen LogP contribution in [0.15, 0.2) is 61.2 Å². The predicted octanol–water partition coefficient (Wildman–Crippen LogP) is 4.54. The van der Waals surface area contributed by atoms with Crippen molar-refractivity contribution in [1.82, 2.24) is 14.9 Å². The molecule has 0 spiro atoms. The monoisotopic (exact) mass is 350 g/mol. The highest BCUT2D eigenvalue weighted by Gasteiger charge is 2.08. The Hall–Kier alpha value is -2.66. The zero-order valence-corrected chi connectivity index (χ0v) is 15.5. The Morgan fingerprint density at radius 2 is 1.76 bits per heavy atom. The number of nitrogens with zero attached hydrogens (tertiary/aromatic N) is 2. The summed E-state index contributed by atoms with van der Waals surface area (Å²) in [6.45, 7) is 6.26. The molecule has 0 saturated carbocycles. The lowest BCUT2D eigenvalue weighted by Gasteiger charge is -2.18. The van der Waals surface area contributed by atoms with Gasteiger partial charge in [0, 0.05) is 23.8 Å². The van der Waals surface area contributed by atoms with Gasteiger partial charge < -0.3 is 15.2 Å². The van der Waals surface area contributed by atoms with Crippen LogP contribution in [0.1, 0.15) is 29.7 Å². The SMILES string of the molecule is Cc1cc(C)cc(NC(=S)N[C@H](C)c2ccc(-n3ccnc3)cc2)c1. The molecule has 3 aromatic rings. The average Bonchev–Trinajstić information content (AvgIpc) is 3.08. The molecule has 0 radical (unpaired) electrons. The van der Waals surface area contributed by atoms with Crippen molar-refractivity contribution in [3.05, 3.63) is 77.9 Å². The molecule has 0 fully saturated rings. The highest BCUT2D eigenvalue weighted by molar-refractivity contribution is 7.80. The van der Waals surface area contributed by atoms with Crippen molar-refractivity contribution < 1.29 is 0 Å². The van der Waals surface area contributed by atoms with Crippen molar-refractivity contribution in [1.29, 1.82) is 0 Å². The third-order valence-corrected chi connectivity index (χ3v) is 4.24. The van der Waals surface area contributed by atoms with Crippen LogP contribution in [0.5, 0.6) is 0 Å². The van der Waals surface area contributed by atoms with Gasteiger partial charge in [-0.2, -0.15) is 0 Å². The molecule has 2 N–H and O–H groups in total. The first kappa shape index (κ1) is 17.2. The maximum atomic E-state index is 5.45. The van der Waals surface area contributed by atoms with Crippen LogP contribution in [0.2, 0.25) is 0 Å². The molecule has 0 amide bonds. The summed E-state index contributed by atoms with van der Waals surface area (Å²) < 4.78 is 1.98. The Morgan fingerprint density at radius 3 is 2.36 bits per heavy atom. The van der Waals surface area contributed by atoms with Gasteiger partial charge in [0.05, 0.1) is 12.4 Å². The number of imidazole rings is 1. The molecule has 0 bridgehead atoms. The highest BCUT2D eigenvalue weighted by Crippen LogP contribution is 2.17. The van der Waals surface area contributed by atoms with Gasteiger partial charge in [-0.05, 0) is 73.9 Å². The molecule has 128 valence electrons. The van der Waals surface area contributed by atoms with Gasteiger partial charge in [0.15, 0.2) is 5.11 Å². The Bertz CT molecular complexity index is 834. The van der Waals surface area contributed by atoms with Crippen LogP contribution in [0, 0.1) is 13.8 Å². The van der Waals surface area contributed by atoms with E-state index in [0.717, 1.165) is 11.4 Å². The molecular formula is C20H22N4S. The van der Waals surface area contributed by atoms with Crippen molar-refractivity contribution in [3.8, 4) is 5.69 Å². The number of rotatable bonds is 4. The van der Waals surface area contributed by atoms with Crippen LogP contribution in [0.3, 0.4) is 0 Å².